The summed E-state index contributed by atoms with van der Waals surface area (Å²) in [6.07, 6.45) is 3.87. The first-order valence-corrected chi connectivity index (χ1v) is 13.3. The topological polar surface area (TPSA) is 98.7 Å². The van der Waals surface area contributed by atoms with Crippen LogP contribution >= 0.6 is 0 Å². The number of benzene rings is 1. The number of likely N-dealkylation sites (tertiary alicyclic amines) is 1. The molecule has 2 unspecified atom stereocenters. The second-order valence-corrected chi connectivity index (χ2v) is 10.5. The first-order valence-electron chi connectivity index (χ1n) is 13.3. The Morgan fingerprint density at radius 3 is 2.66 bits per heavy atom. The first kappa shape index (κ1) is 24.4. The van der Waals surface area contributed by atoms with Crippen LogP contribution in [0.2, 0.25) is 0 Å². The van der Waals surface area contributed by atoms with E-state index in [0.717, 1.165) is 30.8 Å². The van der Waals surface area contributed by atoms with Crippen molar-refractivity contribution in [2.75, 3.05) is 53.7 Å². The van der Waals surface area contributed by atoms with E-state index in [-0.39, 0.29) is 12.5 Å². The van der Waals surface area contributed by atoms with Gasteiger partial charge in [0.2, 0.25) is 5.95 Å². The molecule has 5 heterocycles. The minimum Gasteiger partial charge on any atom is -0.480 e. The molecule has 10 heteroatoms. The zero-order valence-corrected chi connectivity index (χ0v) is 22.4. The number of hydrogen-bond donors (Lipinski definition) is 2. The molecule has 2 aromatic heterocycles. The largest absolute Gasteiger partial charge is 0.480 e. The maximum atomic E-state index is 12.4. The van der Waals surface area contributed by atoms with Gasteiger partial charge in [-0.25, -0.2) is 9.97 Å². The Kier molecular flexibility index (Phi) is 6.27. The lowest BCUT2D eigenvalue weighted by Gasteiger charge is -2.34. The number of piperazine rings is 1. The maximum absolute atomic E-state index is 12.4. The lowest BCUT2D eigenvalue weighted by Crippen LogP contribution is -2.44. The van der Waals surface area contributed by atoms with Crippen molar-refractivity contribution in [3.8, 4) is 5.75 Å². The van der Waals surface area contributed by atoms with Crippen LogP contribution in [0.1, 0.15) is 30.9 Å². The van der Waals surface area contributed by atoms with Gasteiger partial charge in [0, 0.05) is 54.9 Å². The van der Waals surface area contributed by atoms with Crippen LogP contribution in [-0.2, 0) is 4.79 Å². The minimum atomic E-state index is -0.0837. The lowest BCUT2D eigenvalue weighted by atomic mass is 10.1. The van der Waals surface area contributed by atoms with Crippen LogP contribution in [-0.4, -0.2) is 71.1 Å². The molecular formula is C28H34N8O2. The van der Waals surface area contributed by atoms with Crippen LogP contribution in [0.5, 0.6) is 5.75 Å². The molecule has 10 nitrogen and oxygen atoms in total. The molecule has 3 aliphatic rings. The minimum absolute atomic E-state index is 0.0401. The highest BCUT2D eigenvalue weighted by Crippen LogP contribution is 2.36. The normalized spacial score (nSPS) is 20.5. The summed E-state index contributed by atoms with van der Waals surface area (Å²) in [4.78, 5) is 32.9. The number of aryl methyl sites for hydroxylation is 2. The van der Waals surface area contributed by atoms with Crippen molar-refractivity contribution < 1.29 is 9.53 Å². The van der Waals surface area contributed by atoms with Crippen molar-refractivity contribution in [3.05, 3.63) is 47.7 Å². The predicted octanol–water partition coefficient (Wildman–Crippen LogP) is 4.00. The van der Waals surface area contributed by atoms with Crippen molar-refractivity contribution in [3.63, 3.8) is 0 Å². The summed E-state index contributed by atoms with van der Waals surface area (Å²) >= 11 is 0. The summed E-state index contributed by atoms with van der Waals surface area (Å²) in [5.74, 6) is 2.78. The molecule has 0 saturated carbocycles. The molecule has 38 heavy (non-hydrogen) atoms. The molecule has 198 valence electrons. The average Bonchev–Trinajstić information content (AvgIpc) is 3.48. The van der Waals surface area contributed by atoms with Gasteiger partial charge in [0.05, 0.1) is 0 Å². The molecule has 2 bridgehead atoms. The van der Waals surface area contributed by atoms with E-state index in [2.05, 4.69) is 62.6 Å². The van der Waals surface area contributed by atoms with Gasteiger partial charge in [0.25, 0.3) is 5.91 Å². The number of aromatic nitrogens is 3. The number of carbonyl (C=O) groups is 1. The van der Waals surface area contributed by atoms with Gasteiger partial charge < -0.3 is 20.3 Å². The summed E-state index contributed by atoms with van der Waals surface area (Å²) in [5, 5.41) is 6.65. The van der Waals surface area contributed by atoms with E-state index in [0.29, 0.717) is 47.8 Å². The number of fused-ring (bicyclic) bond motifs is 3. The molecule has 1 aromatic carbocycles. The van der Waals surface area contributed by atoms with Crippen molar-refractivity contribution in [1.29, 1.82) is 0 Å². The SMILES string of the molecule is CCCN1C(=O)COc2ccc(Nc3nc(Nc4ccc(N5CC6CC5CN6C)c(C)c4)ncc3C)nc21. The van der Waals surface area contributed by atoms with Crippen molar-refractivity contribution in [1.82, 2.24) is 19.9 Å². The highest BCUT2D eigenvalue weighted by molar-refractivity contribution is 5.97. The van der Waals surface area contributed by atoms with E-state index in [1.807, 2.05) is 26.0 Å². The zero-order chi connectivity index (χ0) is 26.4. The molecule has 2 N–H and O–H groups in total. The highest BCUT2D eigenvalue weighted by atomic mass is 16.5. The van der Waals surface area contributed by atoms with E-state index < -0.39 is 0 Å². The first-order chi connectivity index (χ1) is 18.4. The van der Waals surface area contributed by atoms with Gasteiger partial charge in [-0.1, -0.05) is 6.92 Å². The maximum Gasteiger partial charge on any atom is 0.266 e. The number of amides is 1. The third-order valence-corrected chi connectivity index (χ3v) is 7.69. The fourth-order valence-electron chi connectivity index (χ4n) is 5.70. The van der Waals surface area contributed by atoms with Gasteiger partial charge in [-0.05, 0) is 69.6 Å². The monoisotopic (exact) mass is 514 g/mol. The van der Waals surface area contributed by atoms with E-state index in [4.69, 9.17) is 9.72 Å². The van der Waals surface area contributed by atoms with Gasteiger partial charge in [-0.2, -0.15) is 4.98 Å². The fourth-order valence-corrected chi connectivity index (χ4v) is 5.70. The third kappa shape index (κ3) is 4.49. The number of nitrogens with zero attached hydrogens (tertiary/aromatic N) is 6. The number of ether oxygens (including phenoxy) is 1. The standard InChI is InChI=1S/C28H34N8O2/c1-5-10-35-25(37)16-38-23-8-9-24(32-27(23)35)31-26-18(3)13-29-28(33-26)30-19-6-7-22(17(2)11-19)36-15-20-12-21(36)14-34(20)4/h6-9,11,13,20-21H,5,10,12,14-16H2,1-4H3,(H2,29,30,31,32,33). The Balaban J connectivity index is 1.19. The summed E-state index contributed by atoms with van der Waals surface area (Å²) in [5.41, 5.74) is 4.37. The number of nitrogens with one attached hydrogen (secondary N) is 2. The number of anilines is 6. The lowest BCUT2D eigenvalue weighted by molar-refractivity contribution is -0.121. The number of carbonyl (C=O) groups excluding carboxylic acids is 1. The molecule has 0 spiro atoms. The average molecular weight is 515 g/mol. The number of rotatable bonds is 7. The van der Waals surface area contributed by atoms with Crippen LogP contribution in [0.15, 0.2) is 36.5 Å². The van der Waals surface area contributed by atoms with E-state index in [1.165, 1.54) is 17.7 Å². The molecule has 2 fully saturated rings. The summed E-state index contributed by atoms with van der Waals surface area (Å²) in [6.45, 7) is 9.01. The van der Waals surface area contributed by atoms with E-state index >= 15 is 0 Å². The Hall–Kier alpha value is -3.92. The van der Waals surface area contributed by atoms with Crippen molar-refractivity contribution in [2.45, 2.75) is 45.7 Å². The van der Waals surface area contributed by atoms with Crippen molar-refractivity contribution >= 4 is 40.7 Å². The quantitative estimate of drug-likeness (QED) is 0.485. The summed E-state index contributed by atoms with van der Waals surface area (Å²) in [6, 6.07) is 11.4. The van der Waals surface area contributed by atoms with Gasteiger partial charge in [0.15, 0.2) is 18.2 Å². The second-order valence-electron chi connectivity index (χ2n) is 10.5. The summed E-state index contributed by atoms with van der Waals surface area (Å²) in [7, 11) is 2.23. The molecule has 2 saturated heterocycles. The van der Waals surface area contributed by atoms with Crippen molar-refractivity contribution in [2.24, 2.45) is 0 Å². The second kappa shape index (κ2) is 9.75. The molecule has 6 rings (SSSR count). The van der Waals surface area contributed by atoms with Gasteiger partial charge in [-0.15, -0.1) is 0 Å². The third-order valence-electron chi connectivity index (χ3n) is 7.69. The number of likely N-dealkylation sites (N-methyl/N-ethyl adjacent to an activating group) is 1. The van der Waals surface area contributed by atoms with Gasteiger partial charge in [-0.3, -0.25) is 14.6 Å². The number of pyridine rings is 1. The number of hydrogen-bond acceptors (Lipinski definition) is 9. The Bertz CT molecular complexity index is 1380. The molecule has 1 amide bonds. The Morgan fingerprint density at radius 1 is 1.05 bits per heavy atom. The zero-order valence-electron chi connectivity index (χ0n) is 22.4. The Labute approximate surface area is 223 Å². The highest BCUT2D eigenvalue weighted by Gasteiger charge is 2.41. The molecule has 3 aromatic rings. The van der Waals surface area contributed by atoms with Crippen LogP contribution in [0.25, 0.3) is 0 Å². The predicted molar refractivity (Wildman–Crippen MR) is 149 cm³/mol. The van der Waals surface area contributed by atoms with E-state index in [9.17, 15) is 4.79 Å². The fraction of sp³-hybridized carbons (Fsp3) is 0.429. The molecular weight excluding hydrogens is 480 g/mol. The molecule has 3 aliphatic heterocycles. The summed E-state index contributed by atoms with van der Waals surface area (Å²) < 4.78 is 5.57. The molecule has 0 aliphatic carbocycles. The van der Waals surface area contributed by atoms with E-state index in [1.54, 1.807) is 11.1 Å². The smallest absolute Gasteiger partial charge is 0.266 e. The van der Waals surface area contributed by atoms with Gasteiger partial charge in [0.1, 0.15) is 11.6 Å². The van der Waals surface area contributed by atoms with Crippen LogP contribution in [0, 0.1) is 13.8 Å². The van der Waals surface area contributed by atoms with Crippen LogP contribution in [0.4, 0.5) is 34.8 Å². The van der Waals surface area contributed by atoms with Gasteiger partial charge >= 0.3 is 0 Å². The molecule has 0 radical (unpaired) electrons. The molecule has 2 atom stereocenters. The van der Waals surface area contributed by atoms with Crippen LogP contribution in [0.3, 0.4) is 0 Å². The Morgan fingerprint density at radius 2 is 1.92 bits per heavy atom. The van der Waals surface area contributed by atoms with Crippen LogP contribution < -0.4 is 25.2 Å².